The van der Waals surface area contributed by atoms with Crippen LogP contribution >= 0.6 is 11.3 Å². The third-order valence-corrected chi connectivity index (χ3v) is 5.94. The molecule has 0 bridgehead atoms. The monoisotopic (exact) mass is 353 g/mol. The molecule has 4 nitrogen and oxygen atoms in total. The van der Waals surface area contributed by atoms with E-state index in [0.717, 1.165) is 16.9 Å². The summed E-state index contributed by atoms with van der Waals surface area (Å²) in [5.74, 6) is 0.762. The molecule has 0 saturated carbocycles. The molecule has 2 rings (SSSR count). The Labute approximate surface area is 142 Å². The van der Waals surface area contributed by atoms with E-state index in [1.165, 1.54) is 4.88 Å². The van der Waals surface area contributed by atoms with E-state index >= 15 is 0 Å². The van der Waals surface area contributed by atoms with Crippen molar-refractivity contribution in [2.75, 3.05) is 6.61 Å². The molecular formula is C17H23NO3S2. The molecule has 1 N–H and O–H groups in total. The van der Waals surface area contributed by atoms with Crippen LogP contribution in [-0.4, -0.2) is 21.1 Å². The Balaban J connectivity index is 2.19. The molecule has 0 aliphatic rings. The van der Waals surface area contributed by atoms with Crippen LogP contribution in [0.4, 0.5) is 0 Å². The maximum Gasteiger partial charge on any atom is 0.240 e. The fraction of sp³-hybridized carbons (Fsp3) is 0.412. The summed E-state index contributed by atoms with van der Waals surface area (Å²) in [5, 5.41) is 2.00. The summed E-state index contributed by atoms with van der Waals surface area (Å²) >= 11 is 1.63. The second-order valence-corrected chi connectivity index (χ2v) is 8.37. The predicted molar refractivity (Wildman–Crippen MR) is 94.9 cm³/mol. The number of nitrogens with one attached hydrogen (secondary N) is 1. The van der Waals surface area contributed by atoms with Gasteiger partial charge in [-0.25, -0.2) is 13.1 Å². The van der Waals surface area contributed by atoms with Crippen molar-refractivity contribution in [2.45, 2.75) is 45.1 Å². The summed E-state index contributed by atoms with van der Waals surface area (Å²) in [4.78, 5) is 1.45. The maximum absolute atomic E-state index is 12.6. The Hall–Kier alpha value is -1.37. The zero-order valence-electron chi connectivity index (χ0n) is 13.9. The Morgan fingerprint density at radius 3 is 2.43 bits per heavy atom. The summed E-state index contributed by atoms with van der Waals surface area (Å²) < 4.78 is 33.5. The molecule has 0 aliphatic heterocycles. The molecule has 0 saturated heterocycles. The van der Waals surface area contributed by atoms with E-state index in [1.807, 2.05) is 45.2 Å². The largest absolute Gasteiger partial charge is 0.493 e. The molecule has 126 valence electrons. The molecule has 0 unspecified atom stereocenters. The zero-order valence-corrected chi connectivity index (χ0v) is 15.6. The molecule has 1 aromatic heterocycles. The van der Waals surface area contributed by atoms with Gasteiger partial charge in [-0.15, -0.1) is 11.3 Å². The quantitative estimate of drug-likeness (QED) is 0.826. The lowest BCUT2D eigenvalue weighted by Gasteiger charge is -2.16. The second-order valence-electron chi connectivity index (χ2n) is 5.63. The number of ether oxygens (including phenoxy) is 1. The Bertz CT molecular complexity index is 729. The van der Waals surface area contributed by atoms with E-state index in [-0.39, 0.29) is 10.9 Å². The van der Waals surface area contributed by atoms with Crippen molar-refractivity contribution < 1.29 is 13.2 Å². The van der Waals surface area contributed by atoms with Gasteiger partial charge < -0.3 is 4.74 Å². The molecule has 0 radical (unpaired) electrons. The lowest BCUT2D eigenvalue weighted by Crippen LogP contribution is -2.34. The van der Waals surface area contributed by atoms with Crippen LogP contribution in [0.5, 0.6) is 5.75 Å². The van der Waals surface area contributed by atoms with E-state index in [0.29, 0.717) is 13.0 Å². The van der Waals surface area contributed by atoms with Gasteiger partial charge in [0.1, 0.15) is 5.75 Å². The molecule has 1 atom stereocenters. The zero-order chi connectivity index (χ0) is 17.0. The number of rotatable bonds is 7. The fourth-order valence-corrected chi connectivity index (χ4v) is 4.79. The lowest BCUT2D eigenvalue weighted by molar-refractivity contribution is 0.335. The van der Waals surface area contributed by atoms with Crippen molar-refractivity contribution in [3.63, 3.8) is 0 Å². The molecule has 6 heteroatoms. The average Bonchev–Trinajstić information content (AvgIpc) is 2.94. The molecular weight excluding hydrogens is 330 g/mol. The molecule has 0 amide bonds. The Kier molecular flexibility index (Phi) is 5.84. The molecule has 23 heavy (non-hydrogen) atoms. The standard InChI is InChI=1S/C17H23NO3S2/c1-5-21-17-12(2)9-16(10-13(17)3)23(19,20)18-14(4)11-15-7-6-8-22-15/h6-10,14,18H,5,11H2,1-4H3/t14-/m0/s1. The molecule has 1 heterocycles. The number of aryl methyl sites for hydroxylation is 2. The first-order valence-electron chi connectivity index (χ1n) is 7.62. The summed E-state index contributed by atoms with van der Waals surface area (Å²) in [6.45, 7) is 8.09. The van der Waals surface area contributed by atoms with Gasteiger partial charge in [0.2, 0.25) is 10.0 Å². The number of thiophene rings is 1. The highest BCUT2D eigenvalue weighted by Gasteiger charge is 2.20. The van der Waals surface area contributed by atoms with Crippen LogP contribution in [0.2, 0.25) is 0 Å². The van der Waals surface area contributed by atoms with Crippen molar-refractivity contribution in [1.29, 1.82) is 0 Å². The molecule has 0 aliphatic carbocycles. The van der Waals surface area contributed by atoms with Gasteiger partial charge in [-0.05, 0) is 68.8 Å². The van der Waals surface area contributed by atoms with Crippen LogP contribution in [0.3, 0.4) is 0 Å². The van der Waals surface area contributed by atoms with E-state index in [1.54, 1.807) is 23.5 Å². The third-order valence-electron chi connectivity index (χ3n) is 3.48. The first-order chi connectivity index (χ1) is 10.8. The van der Waals surface area contributed by atoms with Crippen molar-refractivity contribution in [1.82, 2.24) is 4.72 Å². The molecule has 0 spiro atoms. The minimum atomic E-state index is -3.54. The van der Waals surface area contributed by atoms with Gasteiger partial charge in [-0.3, -0.25) is 0 Å². The van der Waals surface area contributed by atoms with Gasteiger partial charge in [-0.2, -0.15) is 0 Å². The smallest absolute Gasteiger partial charge is 0.240 e. The van der Waals surface area contributed by atoms with Crippen LogP contribution in [0.15, 0.2) is 34.5 Å². The van der Waals surface area contributed by atoms with Crippen LogP contribution in [-0.2, 0) is 16.4 Å². The van der Waals surface area contributed by atoms with Crippen LogP contribution in [0.25, 0.3) is 0 Å². The highest BCUT2D eigenvalue weighted by Crippen LogP contribution is 2.27. The molecule has 0 fully saturated rings. The topological polar surface area (TPSA) is 55.4 Å². The normalized spacial score (nSPS) is 13.0. The average molecular weight is 354 g/mol. The first-order valence-corrected chi connectivity index (χ1v) is 9.98. The van der Waals surface area contributed by atoms with E-state index < -0.39 is 10.0 Å². The minimum Gasteiger partial charge on any atom is -0.493 e. The van der Waals surface area contributed by atoms with Crippen LogP contribution in [0.1, 0.15) is 29.9 Å². The van der Waals surface area contributed by atoms with E-state index in [9.17, 15) is 8.42 Å². The minimum absolute atomic E-state index is 0.161. The number of benzene rings is 1. The second kappa shape index (κ2) is 7.47. The van der Waals surface area contributed by atoms with Gasteiger partial charge in [0.05, 0.1) is 11.5 Å². The van der Waals surface area contributed by atoms with Crippen LogP contribution < -0.4 is 9.46 Å². The van der Waals surface area contributed by atoms with Gasteiger partial charge in [0.15, 0.2) is 0 Å². The van der Waals surface area contributed by atoms with Gasteiger partial charge in [-0.1, -0.05) is 6.07 Å². The number of hydrogen-bond acceptors (Lipinski definition) is 4. The van der Waals surface area contributed by atoms with Crippen molar-refractivity contribution in [3.8, 4) is 5.75 Å². The van der Waals surface area contributed by atoms with E-state index in [4.69, 9.17) is 4.74 Å². The SMILES string of the molecule is CCOc1c(C)cc(S(=O)(=O)N[C@@H](C)Cc2cccs2)cc1C. The summed E-state index contributed by atoms with van der Waals surface area (Å²) in [6.07, 6.45) is 0.686. The maximum atomic E-state index is 12.6. The fourth-order valence-electron chi connectivity index (χ4n) is 2.54. The van der Waals surface area contributed by atoms with Gasteiger partial charge >= 0.3 is 0 Å². The lowest BCUT2D eigenvalue weighted by atomic mass is 10.1. The summed E-state index contributed by atoms with van der Waals surface area (Å²) in [6, 6.07) is 7.16. The highest BCUT2D eigenvalue weighted by atomic mass is 32.2. The Morgan fingerprint density at radius 2 is 1.91 bits per heavy atom. The van der Waals surface area contributed by atoms with Gasteiger partial charge in [0.25, 0.3) is 0 Å². The van der Waals surface area contributed by atoms with Crippen molar-refractivity contribution >= 4 is 21.4 Å². The summed E-state index contributed by atoms with van der Waals surface area (Å²) in [7, 11) is -3.54. The summed E-state index contributed by atoms with van der Waals surface area (Å²) in [5.41, 5.74) is 1.66. The predicted octanol–water partition coefficient (Wildman–Crippen LogP) is 3.67. The van der Waals surface area contributed by atoms with E-state index in [2.05, 4.69) is 4.72 Å². The molecule has 1 aromatic carbocycles. The van der Waals surface area contributed by atoms with Crippen molar-refractivity contribution in [3.05, 3.63) is 45.6 Å². The first kappa shape index (κ1) is 18.0. The third kappa shape index (κ3) is 4.56. The van der Waals surface area contributed by atoms with Crippen molar-refractivity contribution in [2.24, 2.45) is 0 Å². The number of sulfonamides is 1. The number of hydrogen-bond donors (Lipinski definition) is 1. The van der Waals surface area contributed by atoms with Gasteiger partial charge in [0, 0.05) is 10.9 Å². The Morgan fingerprint density at radius 1 is 1.26 bits per heavy atom. The molecule has 2 aromatic rings. The van der Waals surface area contributed by atoms with Crippen LogP contribution in [0, 0.1) is 13.8 Å². The highest BCUT2D eigenvalue weighted by molar-refractivity contribution is 7.89.